The lowest BCUT2D eigenvalue weighted by Crippen LogP contribution is -2.12. The zero-order chi connectivity index (χ0) is 18.8. The maximum Gasteiger partial charge on any atom is 0.275 e. The predicted octanol–water partition coefficient (Wildman–Crippen LogP) is 5.91. The quantitative estimate of drug-likeness (QED) is 0.468. The van der Waals surface area contributed by atoms with Crippen LogP contribution in [0.3, 0.4) is 0 Å². The molecule has 3 aromatic carbocycles. The monoisotopic (exact) mass is 373 g/mol. The van der Waals surface area contributed by atoms with Crippen molar-refractivity contribution < 1.29 is 4.79 Å². The van der Waals surface area contributed by atoms with E-state index in [9.17, 15) is 4.79 Å². The molecule has 0 unspecified atom stereocenters. The molecule has 1 amide bonds. The summed E-state index contributed by atoms with van der Waals surface area (Å²) in [5.41, 5.74) is 4.55. The highest BCUT2D eigenvalue weighted by Gasteiger charge is 2.13. The number of thiazole rings is 1. The van der Waals surface area contributed by atoms with Crippen LogP contribution in [-0.4, -0.2) is 10.9 Å². The molecule has 4 nitrogen and oxygen atoms in total. The van der Waals surface area contributed by atoms with Gasteiger partial charge in [-0.15, -0.1) is 11.3 Å². The fourth-order valence-corrected chi connectivity index (χ4v) is 3.73. The third-order valence-electron chi connectivity index (χ3n) is 4.40. The molecule has 4 rings (SSSR count). The van der Waals surface area contributed by atoms with Crippen LogP contribution in [0.2, 0.25) is 0 Å². The van der Waals surface area contributed by atoms with Gasteiger partial charge in [-0.3, -0.25) is 4.79 Å². The van der Waals surface area contributed by atoms with Crippen LogP contribution in [0, 0.1) is 13.8 Å². The summed E-state index contributed by atoms with van der Waals surface area (Å²) in [5, 5.41) is 10.8. The summed E-state index contributed by atoms with van der Waals surface area (Å²) in [4.78, 5) is 17.1. The van der Waals surface area contributed by atoms with E-state index in [4.69, 9.17) is 0 Å². The predicted molar refractivity (Wildman–Crippen MR) is 113 cm³/mol. The van der Waals surface area contributed by atoms with E-state index in [0.29, 0.717) is 10.8 Å². The van der Waals surface area contributed by atoms with Crippen molar-refractivity contribution in [2.45, 2.75) is 13.8 Å². The molecule has 0 bridgehead atoms. The van der Waals surface area contributed by atoms with Crippen molar-refractivity contribution in [1.82, 2.24) is 4.98 Å². The van der Waals surface area contributed by atoms with Gasteiger partial charge in [0.1, 0.15) is 5.69 Å². The van der Waals surface area contributed by atoms with Gasteiger partial charge in [-0.1, -0.05) is 54.1 Å². The lowest BCUT2D eigenvalue weighted by molar-refractivity contribution is 0.102. The molecule has 2 N–H and O–H groups in total. The van der Waals surface area contributed by atoms with E-state index in [-0.39, 0.29) is 5.91 Å². The molecule has 27 heavy (non-hydrogen) atoms. The van der Waals surface area contributed by atoms with Gasteiger partial charge in [0.05, 0.1) is 0 Å². The van der Waals surface area contributed by atoms with Crippen LogP contribution < -0.4 is 10.6 Å². The molecule has 0 spiro atoms. The van der Waals surface area contributed by atoms with Crippen molar-refractivity contribution in [3.8, 4) is 0 Å². The lowest BCUT2D eigenvalue weighted by Gasteiger charge is -2.08. The third-order valence-corrected chi connectivity index (χ3v) is 5.16. The van der Waals surface area contributed by atoms with Gasteiger partial charge < -0.3 is 10.6 Å². The number of fused-ring (bicyclic) bond motifs is 1. The molecule has 1 heterocycles. The van der Waals surface area contributed by atoms with Gasteiger partial charge in [0.2, 0.25) is 0 Å². The number of aryl methyl sites for hydroxylation is 2. The maximum atomic E-state index is 12.6. The molecule has 134 valence electrons. The topological polar surface area (TPSA) is 54.0 Å². The van der Waals surface area contributed by atoms with Crippen molar-refractivity contribution in [2.24, 2.45) is 0 Å². The Morgan fingerprint density at radius 1 is 0.963 bits per heavy atom. The first-order valence-corrected chi connectivity index (χ1v) is 9.57. The summed E-state index contributed by atoms with van der Waals surface area (Å²) in [6.07, 6.45) is 0. The number of nitrogens with zero attached hydrogens (tertiary/aromatic N) is 1. The summed E-state index contributed by atoms with van der Waals surface area (Å²) in [7, 11) is 0. The first kappa shape index (κ1) is 17.2. The highest BCUT2D eigenvalue weighted by Crippen LogP contribution is 2.26. The van der Waals surface area contributed by atoms with Crippen LogP contribution in [0.25, 0.3) is 10.8 Å². The standard InChI is InChI=1S/C22H19N3OS/c1-14-10-11-18(15(2)12-14)24-22-25-20(13-27-22)21(26)23-19-9-5-7-16-6-3-4-8-17(16)19/h3-13H,1-2H3,(H,23,26)(H,24,25). The third kappa shape index (κ3) is 3.68. The summed E-state index contributed by atoms with van der Waals surface area (Å²) in [5.74, 6) is -0.212. The zero-order valence-electron chi connectivity index (χ0n) is 15.1. The molecule has 0 saturated carbocycles. The largest absolute Gasteiger partial charge is 0.331 e. The second kappa shape index (κ2) is 7.21. The average molecular weight is 373 g/mol. The number of hydrogen-bond acceptors (Lipinski definition) is 4. The number of anilines is 3. The minimum atomic E-state index is -0.212. The molecular weight excluding hydrogens is 354 g/mol. The smallest absolute Gasteiger partial charge is 0.275 e. The van der Waals surface area contributed by atoms with Crippen molar-refractivity contribution in [3.63, 3.8) is 0 Å². The molecule has 0 aliphatic rings. The first-order valence-electron chi connectivity index (χ1n) is 8.69. The number of aromatic nitrogens is 1. The van der Waals surface area contributed by atoms with Gasteiger partial charge in [-0.05, 0) is 36.9 Å². The van der Waals surface area contributed by atoms with E-state index in [2.05, 4.69) is 41.6 Å². The van der Waals surface area contributed by atoms with Crippen LogP contribution in [0.5, 0.6) is 0 Å². The number of rotatable bonds is 4. The van der Waals surface area contributed by atoms with Gasteiger partial charge in [0.25, 0.3) is 5.91 Å². The number of benzene rings is 3. The zero-order valence-corrected chi connectivity index (χ0v) is 15.9. The normalized spacial score (nSPS) is 10.7. The average Bonchev–Trinajstić information content (AvgIpc) is 3.13. The van der Waals surface area contributed by atoms with E-state index in [0.717, 1.165) is 27.7 Å². The Morgan fingerprint density at radius 3 is 2.63 bits per heavy atom. The van der Waals surface area contributed by atoms with Crippen molar-refractivity contribution in [1.29, 1.82) is 0 Å². The lowest BCUT2D eigenvalue weighted by atomic mass is 10.1. The Kier molecular flexibility index (Phi) is 4.60. The molecule has 4 aromatic rings. The number of carbonyl (C=O) groups is 1. The number of carbonyl (C=O) groups excluding carboxylic acids is 1. The van der Waals surface area contributed by atoms with E-state index < -0.39 is 0 Å². The SMILES string of the molecule is Cc1ccc(Nc2nc(C(=O)Nc3cccc4ccccc34)cs2)c(C)c1. The number of amides is 1. The minimum Gasteiger partial charge on any atom is -0.331 e. The Bertz CT molecular complexity index is 1130. The maximum absolute atomic E-state index is 12.6. The fourth-order valence-electron chi connectivity index (χ4n) is 3.03. The van der Waals surface area contributed by atoms with Crippen molar-refractivity contribution in [2.75, 3.05) is 10.6 Å². The van der Waals surface area contributed by atoms with E-state index in [1.54, 1.807) is 5.38 Å². The fraction of sp³-hybridized carbons (Fsp3) is 0.0909. The molecule has 0 aliphatic carbocycles. The van der Waals surface area contributed by atoms with Crippen LogP contribution >= 0.6 is 11.3 Å². The Morgan fingerprint density at radius 2 is 1.78 bits per heavy atom. The van der Waals surface area contributed by atoms with Gasteiger partial charge in [-0.25, -0.2) is 4.98 Å². The van der Waals surface area contributed by atoms with E-state index in [1.807, 2.05) is 48.5 Å². The Hall–Kier alpha value is -3.18. The summed E-state index contributed by atoms with van der Waals surface area (Å²) in [6, 6.07) is 20.0. The molecule has 0 fully saturated rings. The van der Waals surface area contributed by atoms with Gasteiger partial charge >= 0.3 is 0 Å². The Balaban J connectivity index is 1.53. The summed E-state index contributed by atoms with van der Waals surface area (Å²) >= 11 is 1.42. The highest BCUT2D eigenvalue weighted by atomic mass is 32.1. The number of hydrogen-bond donors (Lipinski definition) is 2. The number of nitrogens with one attached hydrogen (secondary N) is 2. The first-order chi connectivity index (χ1) is 13.1. The van der Waals surface area contributed by atoms with Crippen molar-refractivity contribution in [3.05, 3.63) is 82.9 Å². The molecular formula is C22H19N3OS. The summed E-state index contributed by atoms with van der Waals surface area (Å²) in [6.45, 7) is 4.12. The second-order valence-electron chi connectivity index (χ2n) is 6.46. The molecule has 1 aromatic heterocycles. The summed E-state index contributed by atoms with van der Waals surface area (Å²) < 4.78 is 0. The van der Waals surface area contributed by atoms with Crippen LogP contribution in [0.1, 0.15) is 21.6 Å². The van der Waals surface area contributed by atoms with E-state index >= 15 is 0 Å². The van der Waals surface area contributed by atoms with Crippen LogP contribution in [-0.2, 0) is 0 Å². The minimum absolute atomic E-state index is 0.212. The van der Waals surface area contributed by atoms with Gasteiger partial charge in [-0.2, -0.15) is 0 Å². The van der Waals surface area contributed by atoms with E-state index in [1.165, 1.54) is 16.9 Å². The van der Waals surface area contributed by atoms with Gasteiger partial charge in [0.15, 0.2) is 5.13 Å². The molecule has 0 atom stereocenters. The van der Waals surface area contributed by atoms with Gasteiger partial charge in [0, 0.05) is 22.1 Å². The molecule has 0 radical (unpaired) electrons. The Labute approximate surface area is 161 Å². The highest BCUT2D eigenvalue weighted by molar-refractivity contribution is 7.14. The second-order valence-corrected chi connectivity index (χ2v) is 7.32. The van der Waals surface area contributed by atoms with Crippen molar-refractivity contribution >= 4 is 44.5 Å². The van der Waals surface area contributed by atoms with Crippen LogP contribution in [0.15, 0.2) is 66.0 Å². The molecule has 0 aliphatic heterocycles. The van der Waals surface area contributed by atoms with Crippen LogP contribution in [0.4, 0.5) is 16.5 Å². The molecule has 5 heteroatoms. The molecule has 0 saturated heterocycles.